The molecule has 3 heteroatoms. The monoisotopic (exact) mass is 519 g/mol. The van der Waals surface area contributed by atoms with E-state index in [0.29, 0.717) is 0 Å². The van der Waals surface area contributed by atoms with Crippen molar-refractivity contribution in [2.24, 2.45) is 0 Å². The maximum absolute atomic E-state index is 6.27. The van der Waals surface area contributed by atoms with Crippen LogP contribution in [0.5, 0.6) is 0 Å². The van der Waals surface area contributed by atoms with Crippen LogP contribution in [-0.2, 0) is 6.42 Å². The van der Waals surface area contributed by atoms with Gasteiger partial charge >= 0.3 is 190 Å². The van der Waals surface area contributed by atoms with E-state index in [1.807, 2.05) is 0 Å². The summed E-state index contributed by atoms with van der Waals surface area (Å²) < 4.78 is 12.6. The Bertz CT molecular complexity index is 746. The molecule has 1 aliphatic heterocycles. The number of unbranched alkanes of at least 4 members (excludes halogenated alkanes) is 3. The van der Waals surface area contributed by atoms with Gasteiger partial charge in [-0.15, -0.1) is 0 Å². The fourth-order valence-electron chi connectivity index (χ4n) is 5.48. The number of hydrogen-bond acceptors (Lipinski definition) is 2. The standard InChI is InChI=1S/C15H18NO.3C4H9.Sn/c1-12-5-4-9-16(12)10-8-14-11-13-6-2-3-7-15(13)17-14;3*1-3-4-2;/h3,6-7,11-12H,4-5,8-10H2,1H3;3*1,3-4H2,2H3;. The van der Waals surface area contributed by atoms with Crippen molar-refractivity contribution in [3.63, 3.8) is 0 Å². The number of furan rings is 1. The van der Waals surface area contributed by atoms with E-state index in [0.717, 1.165) is 24.6 Å². The van der Waals surface area contributed by atoms with E-state index >= 15 is 0 Å². The predicted molar refractivity (Wildman–Crippen MR) is 135 cm³/mol. The topological polar surface area (TPSA) is 16.4 Å². The van der Waals surface area contributed by atoms with Gasteiger partial charge in [0.15, 0.2) is 0 Å². The third-order valence-electron chi connectivity index (χ3n) is 7.54. The van der Waals surface area contributed by atoms with Crippen molar-refractivity contribution < 1.29 is 4.42 Å². The molecule has 1 unspecified atom stereocenters. The predicted octanol–water partition coefficient (Wildman–Crippen LogP) is 7.52. The van der Waals surface area contributed by atoms with E-state index in [4.69, 9.17) is 4.42 Å². The molecule has 1 atom stereocenters. The van der Waals surface area contributed by atoms with Gasteiger partial charge in [0.25, 0.3) is 0 Å². The SMILES string of the molecule is CCC[CH2][Sn]([CH2]CCC)([CH2]CCC)[c]1ccc2oc(CCN3CCCC3C)cc2c1. The third-order valence-corrected chi connectivity index (χ3v) is 23.1. The molecule has 1 aliphatic rings. The van der Waals surface area contributed by atoms with Crippen LogP contribution in [0.1, 0.15) is 84.8 Å². The second-order valence-corrected chi connectivity index (χ2v) is 23.1. The van der Waals surface area contributed by atoms with Gasteiger partial charge in [0, 0.05) is 0 Å². The fraction of sp³-hybridized carbons (Fsp3) is 0.704. The molecule has 1 saturated heterocycles. The Morgan fingerprint density at radius 1 is 0.967 bits per heavy atom. The summed E-state index contributed by atoms with van der Waals surface area (Å²) in [6.45, 7) is 11.9. The molecule has 2 nitrogen and oxygen atoms in total. The zero-order valence-electron chi connectivity index (χ0n) is 20.1. The van der Waals surface area contributed by atoms with E-state index in [1.54, 1.807) is 3.58 Å². The van der Waals surface area contributed by atoms with Gasteiger partial charge in [0.05, 0.1) is 0 Å². The summed E-state index contributed by atoms with van der Waals surface area (Å²) in [7, 11) is 0. The van der Waals surface area contributed by atoms with Crippen LogP contribution in [0.25, 0.3) is 11.0 Å². The Balaban J connectivity index is 1.81. The first-order chi connectivity index (χ1) is 14.6. The number of likely N-dealkylation sites (tertiary alicyclic amines) is 1. The van der Waals surface area contributed by atoms with Crippen LogP contribution in [0, 0.1) is 0 Å². The average molecular weight is 518 g/mol. The van der Waals surface area contributed by atoms with Gasteiger partial charge in [-0.05, 0) is 0 Å². The minimum atomic E-state index is -2.36. The zero-order chi connectivity index (χ0) is 21.4. The van der Waals surface area contributed by atoms with Gasteiger partial charge in [-0.25, -0.2) is 0 Å². The third kappa shape index (κ3) is 6.06. The molecule has 2 heterocycles. The molecule has 0 spiro atoms. The van der Waals surface area contributed by atoms with Crippen LogP contribution in [0.4, 0.5) is 0 Å². The van der Waals surface area contributed by atoms with E-state index < -0.39 is 18.4 Å². The summed E-state index contributed by atoms with van der Waals surface area (Å²) >= 11 is -2.36. The first kappa shape index (κ1) is 24.2. The summed E-state index contributed by atoms with van der Waals surface area (Å²) in [5, 5.41) is 1.36. The Labute approximate surface area is 189 Å². The van der Waals surface area contributed by atoms with E-state index in [2.05, 4.69) is 56.9 Å². The van der Waals surface area contributed by atoms with Crippen molar-refractivity contribution in [1.82, 2.24) is 4.90 Å². The summed E-state index contributed by atoms with van der Waals surface area (Å²) in [5.74, 6) is 1.18. The summed E-state index contributed by atoms with van der Waals surface area (Å²) in [4.78, 5) is 2.63. The number of nitrogens with zero attached hydrogens (tertiary/aromatic N) is 1. The van der Waals surface area contributed by atoms with Crippen LogP contribution in [0.3, 0.4) is 0 Å². The zero-order valence-corrected chi connectivity index (χ0v) is 23.0. The molecule has 3 rings (SSSR count). The van der Waals surface area contributed by atoms with Crippen molar-refractivity contribution in [2.75, 3.05) is 13.1 Å². The molecule has 30 heavy (non-hydrogen) atoms. The molecule has 0 bridgehead atoms. The number of rotatable bonds is 13. The van der Waals surface area contributed by atoms with Crippen LogP contribution in [-0.4, -0.2) is 42.4 Å². The van der Waals surface area contributed by atoms with Gasteiger partial charge in [-0.1, -0.05) is 0 Å². The molecular formula is C27H45NOSn. The molecule has 0 radical (unpaired) electrons. The quantitative estimate of drug-likeness (QED) is 0.255. The van der Waals surface area contributed by atoms with Crippen LogP contribution in [0.2, 0.25) is 13.3 Å². The second-order valence-electron chi connectivity index (χ2n) is 9.83. The van der Waals surface area contributed by atoms with E-state index in [1.165, 1.54) is 82.4 Å². The Morgan fingerprint density at radius 3 is 2.20 bits per heavy atom. The van der Waals surface area contributed by atoms with Crippen LogP contribution in [0.15, 0.2) is 28.7 Å². The second kappa shape index (κ2) is 11.9. The average Bonchev–Trinajstić information content (AvgIpc) is 3.36. The van der Waals surface area contributed by atoms with Gasteiger partial charge in [0.2, 0.25) is 0 Å². The van der Waals surface area contributed by atoms with Crippen molar-refractivity contribution in [3.05, 3.63) is 30.0 Å². The number of hydrogen-bond donors (Lipinski definition) is 0. The number of fused-ring (bicyclic) bond motifs is 1. The maximum atomic E-state index is 6.27. The fourth-order valence-corrected chi connectivity index (χ4v) is 21.5. The molecule has 1 aromatic heterocycles. The van der Waals surface area contributed by atoms with Crippen molar-refractivity contribution in [3.8, 4) is 0 Å². The molecule has 2 aromatic rings. The Hall–Kier alpha value is -0.481. The molecule has 168 valence electrons. The Kier molecular flexibility index (Phi) is 9.62. The van der Waals surface area contributed by atoms with Crippen LogP contribution >= 0.6 is 0 Å². The minimum absolute atomic E-state index is 0.742. The van der Waals surface area contributed by atoms with Gasteiger partial charge in [-0.2, -0.15) is 0 Å². The molecule has 0 amide bonds. The molecule has 1 fully saturated rings. The molecule has 0 saturated carbocycles. The molecule has 1 aromatic carbocycles. The van der Waals surface area contributed by atoms with Crippen molar-refractivity contribution in [1.29, 1.82) is 0 Å². The Morgan fingerprint density at radius 2 is 1.63 bits per heavy atom. The summed E-state index contributed by atoms with van der Waals surface area (Å²) in [6.07, 6.45) is 12.0. The van der Waals surface area contributed by atoms with E-state index in [9.17, 15) is 0 Å². The summed E-state index contributed by atoms with van der Waals surface area (Å²) in [5.41, 5.74) is 1.10. The van der Waals surface area contributed by atoms with Gasteiger partial charge < -0.3 is 0 Å². The molecule has 0 aliphatic carbocycles. The first-order valence-corrected chi connectivity index (χ1v) is 20.4. The van der Waals surface area contributed by atoms with Crippen LogP contribution < -0.4 is 3.58 Å². The van der Waals surface area contributed by atoms with Gasteiger partial charge in [-0.3, -0.25) is 0 Å². The van der Waals surface area contributed by atoms with Crippen molar-refractivity contribution >= 4 is 32.9 Å². The first-order valence-electron chi connectivity index (χ1n) is 12.9. The number of benzene rings is 1. The van der Waals surface area contributed by atoms with Crippen molar-refractivity contribution in [2.45, 2.75) is 105 Å². The van der Waals surface area contributed by atoms with Gasteiger partial charge in [0.1, 0.15) is 0 Å². The summed E-state index contributed by atoms with van der Waals surface area (Å²) in [6, 6.07) is 10.5. The normalized spacial score (nSPS) is 17.9. The van der Waals surface area contributed by atoms with E-state index in [-0.39, 0.29) is 0 Å². The molecular weight excluding hydrogens is 473 g/mol. The molecule has 0 N–H and O–H groups in total.